The van der Waals surface area contributed by atoms with Crippen molar-refractivity contribution in [2.75, 3.05) is 51.2 Å². The van der Waals surface area contributed by atoms with Gasteiger partial charge in [-0.05, 0) is 44.5 Å². The Hall–Kier alpha value is -1.95. The van der Waals surface area contributed by atoms with Crippen LogP contribution in [0.1, 0.15) is 24.6 Å². The Morgan fingerprint density at radius 1 is 1.10 bits per heavy atom. The van der Waals surface area contributed by atoms with Crippen LogP contribution in [0.3, 0.4) is 0 Å². The number of aliphatic imine (C=N–C) groups is 1. The molecule has 4 heterocycles. The molecule has 2 aliphatic rings. The van der Waals surface area contributed by atoms with Crippen molar-refractivity contribution in [3.8, 4) is 0 Å². The molecule has 0 bridgehead atoms. The average molecular weight is 525 g/mol. The number of guanidine groups is 1. The number of anilines is 1. The lowest BCUT2D eigenvalue weighted by Crippen LogP contribution is -2.51. The van der Waals surface area contributed by atoms with E-state index < -0.39 is 0 Å². The molecule has 0 amide bonds. The second-order valence-electron chi connectivity index (χ2n) is 7.93. The second-order valence-corrected chi connectivity index (χ2v) is 7.93. The first-order chi connectivity index (χ1) is 14.1. The molecule has 0 saturated carbocycles. The molecule has 0 aliphatic carbocycles. The summed E-state index contributed by atoms with van der Waals surface area (Å²) in [7, 11) is 4.21. The summed E-state index contributed by atoms with van der Waals surface area (Å²) in [5.41, 5.74) is 7.63. The van der Waals surface area contributed by atoms with E-state index in [0.717, 1.165) is 51.6 Å². The predicted molar refractivity (Wildman–Crippen MR) is 129 cm³/mol. The number of aromatic nitrogens is 4. The third kappa shape index (κ3) is 5.02. The van der Waals surface area contributed by atoms with E-state index in [-0.39, 0.29) is 24.0 Å². The fraction of sp³-hybridized carbons (Fsp3) is 0.600. The first-order valence-corrected chi connectivity index (χ1v) is 10.4. The smallest absolute Gasteiger partial charge is 0.225 e. The molecular formula is C20H32IN9. The molecule has 9 nitrogen and oxygen atoms in total. The van der Waals surface area contributed by atoms with Crippen molar-refractivity contribution in [3.05, 3.63) is 36.4 Å². The molecule has 2 fully saturated rings. The number of hydrogen-bond acceptors (Lipinski definition) is 6. The normalized spacial score (nSPS) is 23.3. The molecule has 2 saturated heterocycles. The first kappa shape index (κ1) is 22.7. The van der Waals surface area contributed by atoms with Gasteiger partial charge in [0.2, 0.25) is 5.95 Å². The SMILES string of the molecule is CN1CCC[C@@H](CN=C(N)N2CCN(c3ncccn3)CC2)[C@@H]1c1ccnn1C.I. The number of piperidine rings is 1. The average Bonchev–Trinajstić information content (AvgIpc) is 3.18. The van der Waals surface area contributed by atoms with E-state index in [1.165, 1.54) is 12.1 Å². The van der Waals surface area contributed by atoms with Gasteiger partial charge in [-0.3, -0.25) is 14.6 Å². The Bertz CT molecular complexity index is 817. The monoisotopic (exact) mass is 525 g/mol. The number of rotatable bonds is 4. The van der Waals surface area contributed by atoms with Gasteiger partial charge in [0.15, 0.2) is 5.96 Å². The van der Waals surface area contributed by atoms with Crippen molar-refractivity contribution >= 4 is 35.9 Å². The third-order valence-corrected chi connectivity index (χ3v) is 6.10. The maximum atomic E-state index is 6.37. The maximum Gasteiger partial charge on any atom is 0.225 e. The maximum absolute atomic E-state index is 6.37. The fourth-order valence-electron chi connectivity index (χ4n) is 4.49. The molecule has 2 atom stereocenters. The van der Waals surface area contributed by atoms with Crippen molar-refractivity contribution < 1.29 is 0 Å². The molecule has 0 spiro atoms. The van der Waals surface area contributed by atoms with E-state index in [1.54, 1.807) is 12.4 Å². The number of nitrogens with zero attached hydrogens (tertiary/aromatic N) is 8. The molecule has 2 aliphatic heterocycles. The van der Waals surface area contributed by atoms with E-state index in [9.17, 15) is 0 Å². The summed E-state index contributed by atoms with van der Waals surface area (Å²) in [5, 5.41) is 4.37. The molecule has 2 aromatic rings. The van der Waals surface area contributed by atoms with Crippen molar-refractivity contribution in [2.45, 2.75) is 18.9 Å². The molecule has 0 radical (unpaired) electrons. The van der Waals surface area contributed by atoms with Crippen molar-refractivity contribution in [2.24, 2.45) is 23.7 Å². The minimum atomic E-state index is 0. The molecule has 4 rings (SSSR count). The predicted octanol–water partition coefficient (Wildman–Crippen LogP) is 1.35. The van der Waals surface area contributed by atoms with Gasteiger partial charge in [0.05, 0.1) is 11.7 Å². The van der Waals surface area contributed by atoms with Crippen molar-refractivity contribution in [3.63, 3.8) is 0 Å². The van der Waals surface area contributed by atoms with Crippen LogP contribution in [-0.2, 0) is 7.05 Å². The minimum Gasteiger partial charge on any atom is -0.370 e. The van der Waals surface area contributed by atoms with Crippen LogP contribution >= 0.6 is 24.0 Å². The second kappa shape index (κ2) is 10.4. The van der Waals surface area contributed by atoms with Crippen molar-refractivity contribution in [1.82, 2.24) is 29.5 Å². The molecule has 2 N–H and O–H groups in total. The third-order valence-electron chi connectivity index (χ3n) is 6.10. The summed E-state index contributed by atoms with van der Waals surface area (Å²) in [4.78, 5) is 20.3. The zero-order valence-electron chi connectivity index (χ0n) is 17.8. The molecule has 164 valence electrons. The number of piperazine rings is 1. The van der Waals surface area contributed by atoms with E-state index in [1.807, 2.05) is 24.0 Å². The Morgan fingerprint density at radius 2 is 1.83 bits per heavy atom. The van der Waals surface area contributed by atoms with Crippen LogP contribution in [0.5, 0.6) is 0 Å². The van der Waals surface area contributed by atoms with Gasteiger partial charge in [-0.2, -0.15) is 5.10 Å². The molecule has 2 aromatic heterocycles. The largest absolute Gasteiger partial charge is 0.370 e. The number of halogens is 1. The molecule has 30 heavy (non-hydrogen) atoms. The Kier molecular flexibility index (Phi) is 7.87. The standard InChI is InChI=1S/C20H31N9.HI/c1-26-10-3-5-16(18(26)17-6-9-25-27(17)2)15-24-19(21)28-11-13-29(14-12-28)20-22-7-4-8-23-20;/h4,6-9,16,18H,3,5,10-15H2,1-2H3,(H2,21,24);1H/t16-,18+;/m0./s1. The molecule has 10 heteroatoms. The van der Waals surface area contributed by atoms with Crippen molar-refractivity contribution in [1.29, 1.82) is 0 Å². The van der Waals surface area contributed by atoms with Gasteiger partial charge in [-0.15, -0.1) is 24.0 Å². The topological polar surface area (TPSA) is 91.7 Å². The van der Waals surface area contributed by atoms with E-state index in [2.05, 4.69) is 42.9 Å². The van der Waals surface area contributed by atoms with Gasteiger partial charge in [0.1, 0.15) is 0 Å². The van der Waals surface area contributed by atoms with Gasteiger partial charge >= 0.3 is 0 Å². The summed E-state index contributed by atoms with van der Waals surface area (Å²) in [6.45, 7) is 5.23. The van der Waals surface area contributed by atoms with Crippen LogP contribution in [0.15, 0.2) is 35.7 Å². The van der Waals surface area contributed by atoms with Crippen LogP contribution in [-0.4, -0.2) is 81.8 Å². The van der Waals surface area contributed by atoms with E-state index >= 15 is 0 Å². The fourth-order valence-corrected chi connectivity index (χ4v) is 4.49. The van der Waals surface area contributed by atoms with Crippen LogP contribution < -0.4 is 10.6 Å². The zero-order valence-corrected chi connectivity index (χ0v) is 20.1. The molecule has 0 unspecified atom stereocenters. The lowest BCUT2D eigenvalue weighted by Gasteiger charge is -2.39. The number of hydrogen-bond donors (Lipinski definition) is 1. The zero-order chi connectivity index (χ0) is 20.2. The first-order valence-electron chi connectivity index (χ1n) is 10.4. The Morgan fingerprint density at radius 3 is 2.50 bits per heavy atom. The van der Waals surface area contributed by atoms with E-state index in [4.69, 9.17) is 10.7 Å². The highest BCUT2D eigenvalue weighted by Gasteiger charge is 2.32. The summed E-state index contributed by atoms with van der Waals surface area (Å²) < 4.78 is 1.98. The summed E-state index contributed by atoms with van der Waals surface area (Å²) in [6, 6.07) is 4.29. The lowest BCUT2D eigenvalue weighted by molar-refractivity contribution is 0.118. The van der Waals surface area contributed by atoms with Crippen LogP contribution in [0, 0.1) is 5.92 Å². The quantitative estimate of drug-likeness (QED) is 0.366. The summed E-state index contributed by atoms with van der Waals surface area (Å²) >= 11 is 0. The summed E-state index contributed by atoms with van der Waals surface area (Å²) in [6.07, 6.45) is 7.80. The Balaban J connectivity index is 0.00000256. The lowest BCUT2D eigenvalue weighted by atomic mass is 9.87. The van der Waals surface area contributed by atoms with Gasteiger partial charge < -0.3 is 15.5 Å². The highest BCUT2D eigenvalue weighted by molar-refractivity contribution is 14.0. The number of aryl methyl sites for hydroxylation is 1. The van der Waals surface area contributed by atoms with Gasteiger partial charge in [0, 0.05) is 58.4 Å². The van der Waals surface area contributed by atoms with E-state index in [0.29, 0.717) is 17.9 Å². The molecular weight excluding hydrogens is 493 g/mol. The van der Waals surface area contributed by atoms with Crippen LogP contribution in [0.25, 0.3) is 0 Å². The summed E-state index contributed by atoms with van der Waals surface area (Å²) in [5.74, 6) is 1.88. The molecule has 0 aromatic carbocycles. The Labute approximate surface area is 195 Å². The number of nitrogens with two attached hydrogens (primary N) is 1. The van der Waals surface area contributed by atoms with Gasteiger partial charge in [-0.1, -0.05) is 0 Å². The highest BCUT2D eigenvalue weighted by atomic mass is 127. The van der Waals surface area contributed by atoms with Gasteiger partial charge in [0.25, 0.3) is 0 Å². The van der Waals surface area contributed by atoms with Crippen LogP contribution in [0.4, 0.5) is 5.95 Å². The van der Waals surface area contributed by atoms with Gasteiger partial charge in [-0.25, -0.2) is 9.97 Å². The minimum absolute atomic E-state index is 0. The number of likely N-dealkylation sites (tertiary alicyclic amines) is 1. The van der Waals surface area contributed by atoms with Crippen LogP contribution in [0.2, 0.25) is 0 Å². The highest BCUT2D eigenvalue weighted by Crippen LogP contribution is 2.34.